The fraction of sp³-hybridized carbons (Fsp3) is 0.188. The molecule has 0 unspecified atom stereocenters. The number of benzene rings is 1. The number of carbonyl (C=O) groups excluding carboxylic acids is 1. The van der Waals surface area contributed by atoms with E-state index in [4.69, 9.17) is 21.2 Å². The molecule has 7 heteroatoms. The van der Waals surface area contributed by atoms with Gasteiger partial charge in [0.2, 0.25) is 0 Å². The summed E-state index contributed by atoms with van der Waals surface area (Å²) in [7, 11) is 2.92. The molecule has 0 aliphatic heterocycles. The molecule has 0 fully saturated rings. The van der Waals surface area contributed by atoms with Gasteiger partial charge in [-0.15, -0.1) is 0 Å². The number of aromatic nitrogens is 1. The Morgan fingerprint density at radius 3 is 2.78 bits per heavy atom. The van der Waals surface area contributed by atoms with E-state index in [9.17, 15) is 4.79 Å². The third kappa shape index (κ3) is 4.20. The second kappa shape index (κ2) is 8.14. The molecule has 2 rings (SSSR count). The van der Waals surface area contributed by atoms with E-state index in [0.717, 1.165) is 5.56 Å². The molecular formula is C16H16ClN3O3. The number of pyridine rings is 1. The van der Waals surface area contributed by atoms with Crippen LogP contribution in [0.2, 0.25) is 5.15 Å². The van der Waals surface area contributed by atoms with Crippen LogP contribution in [0.1, 0.15) is 11.1 Å². The van der Waals surface area contributed by atoms with Crippen molar-refractivity contribution in [2.75, 3.05) is 14.2 Å². The summed E-state index contributed by atoms with van der Waals surface area (Å²) in [6, 6.07) is 10.7. The van der Waals surface area contributed by atoms with E-state index < -0.39 is 0 Å². The number of amides is 1. The molecule has 0 aliphatic carbocycles. The molecule has 2 aromatic rings. The number of nitrogens with zero attached hydrogens (tertiary/aromatic N) is 2. The van der Waals surface area contributed by atoms with Crippen LogP contribution in [0, 0.1) is 0 Å². The quantitative estimate of drug-likeness (QED) is 0.500. The van der Waals surface area contributed by atoms with Crippen molar-refractivity contribution in [1.82, 2.24) is 10.3 Å². The molecule has 0 atom stereocenters. The fourth-order valence-electron chi connectivity index (χ4n) is 1.93. The minimum Gasteiger partial charge on any atom is -0.486 e. The fourth-order valence-corrected chi connectivity index (χ4v) is 2.11. The van der Waals surface area contributed by atoms with Crippen molar-refractivity contribution in [2.45, 2.75) is 6.61 Å². The molecule has 23 heavy (non-hydrogen) atoms. The van der Waals surface area contributed by atoms with Gasteiger partial charge in [-0.2, -0.15) is 0 Å². The highest BCUT2D eigenvalue weighted by Crippen LogP contribution is 2.22. The number of hydrogen-bond donors (Lipinski definition) is 1. The van der Waals surface area contributed by atoms with E-state index >= 15 is 0 Å². The Labute approximate surface area is 139 Å². The molecular weight excluding hydrogens is 318 g/mol. The maximum Gasteiger partial charge on any atom is 0.273 e. The standard InChI is InChI=1S/C16H16ClN3O3/c1-18-16(21)14(20-22-2)12-7-4-3-6-11(12)10-23-13-8-5-9-19-15(13)17/h3-9H,10H2,1-2H3,(H,18,21). The minimum absolute atomic E-state index is 0.173. The molecule has 1 aromatic heterocycles. The topological polar surface area (TPSA) is 72.8 Å². The average molecular weight is 334 g/mol. The van der Waals surface area contributed by atoms with Crippen LogP contribution in [0.3, 0.4) is 0 Å². The second-order valence-corrected chi connectivity index (χ2v) is 4.80. The first-order valence-corrected chi connectivity index (χ1v) is 7.20. The van der Waals surface area contributed by atoms with Crippen LogP contribution in [0.5, 0.6) is 5.75 Å². The Morgan fingerprint density at radius 2 is 2.09 bits per heavy atom. The van der Waals surface area contributed by atoms with Gasteiger partial charge in [-0.1, -0.05) is 41.0 Å². The zero-order chi connectivity index (χ0) is 16.7. The van der Waals surface area contributed by atoms with Crippen LogP contribution in [0.25, 0.3) is 0 Å². The lowest BCUT2D eigenvalue weighted by molar-refractivity contribution is -0.114. The van der Waals surface area contributed by atoms with Crippen molar-refractivity contribution in [3.63, 3.8) is 0 Å². The summed E-state index contributed by atoms with van der Waals surface area (Å²) in [5.74, 6) is 0.118. The number of carbonyl (C=O) groups is 1. The second-order valence-electron chi connectivity index (χ2n) is 4.44. The molecule has 1 heterocycles. The Hall–Kier alpha value is -2.60. The summed E-state index contributed by atoms with van der Waals surface area (Å²) < 4.78 is 5.68. The van der Waals surface area contributed by atoms with E-state index in [1.54, 1.807) is 24.4 Å². The van der Waals surface area contributed by atoms with Crippen LogP contribution in [0.4, 0.5) is 0 Å². The number of oxime groups is 1. The smallest absolute Gasteiger partial charge is 0.273 e. The maximum absolute atomic E-state index is 12.0. The Bertz CT molecular complexity index is 719. The monoisotopic (exact) mass is 333 g/mol. The molecule has 0 saturated carbocycles. The van der Waals surface area contributed by atoms with Gasteiger partial charge < -0.3 is 14.9 Å². The number of halogens is 1. The van der Waals surface area contributed by atoms with Gasteiger partial charge in [-0.3, -0.25) is 4.79 Å². The van der Waals surface area contributed by atoms with Gasteiger partial charge in [0.1, 0.15) is 13.7 Å². The predicted octanol–water partition coefficient (Wildman–Crippen LogP) is 2.41. The maximum atomic E-state index is 12.0. The number of nitrogens with one attached hydrogen (secondary N) is 1. The van der Waals surface area contributed by atoms with Gasteiger partial charge in [0.05, 0.1) is 0 Å². The van der Waals surface area contributed by atoms with Gasteiger partial charge >= 0.3 is 0 Å². The van der Waals surface area contributed by atoms with Crippen LogP contribution in [-0.4, -0.2) is 30.8 Å². The minimum atomic E-state index is -0.348. The molecule has 6 nitrogen and oxygen atoms in total. The van der Waals surface area contributed by atoms with Gasteiger partial charge in [-0.05, 0) is 17.7 Å². The summed E-state index contributed by atoms with van der Waals surface area (Å²) >= 11 is 5.97. The molecule has 1 amide bonds. The summed E-state index contributed by atoms with van der Waals surface area (Å²) in [6.07, 6.45) is 1.58. The van der Waals surface area contributed by atoms with Crippen LogP contribution in [-0.2, 0) is 16.2 Å². The van der Waals surface area contributed by atoms with Crippen molar-refractivity contribution in [3.05, 3.63) is 58.9 Å². The van der Waals surface area contributed by atoms with E-state index in [0.29, 0.717) is 11.3 Å². The summed E-state index contributed by atoms with van der Waals surface area (Å²) in [6.45, 7) is 0.210. The molecule has 0 aliphatic rings. The molecule has 0 bridgehead atoms. The van der Waals surface area contributed by atoms with Crippen molar-refractivity contribution in [3.8, 4) is 5.75 Å². The number of rotatable bonds is 6. The molecule has 1 N–H and O–H groups in total. The van der Waals surface area contributed by atoms with Crippen molar-refractivity contribution in [1.29, 1.82) is 0 Å². The van der Waals surface area contributed by atoms with Gasteiger partial charge in [-0.25, -0.2) is 4.98 Å². The first kappa shape index (κ1) is 16.8. The van der Waals surface area contributed by atoms with Gasteiger partial charge in [0.15, 0.2) is 16.6 Å². The SMILES string of the molecule is CNC(=O)C(=NOC)c1ccccc1COc1cccnc1Cl. The molecule has 0 radical (unpaired) electrons. The molecule has 120 valence electrons. The zero-order valence-corrected chi connectivity index (χ0v) is 13.5. The van der Waals surface area contributed by atoms with E-state index in [-0.39, 0.29) is 23.4 Å². The Kier molecular flexibility index (Phi) is 5.94. The number of ether oxygens (including phenoxy) is 1. The van der Waals surface area contributed by atoms with E-state index in [2.05, 4.69) is 15.5 Å². The predicted molar refractivity (Wildman–Crippen MR) is 87.6 cm³/mol. The van der Waals surface area contributed by atoms with Crippen LogP contribution < -0.4 is 10.1 Å². The summed E-state index contributed by atoms with van der Waals surface area (Å²) in [5.41, 5.74) is 1.56. The third-order valence-electron chi connectivity index (χ3n) is 3.01. The van der Waals surface area contributed by atoms with E-state index in [1.165, 1.54) is 14.2 Å². The Balaban J connectivity index is 2.28. The number of hydrogen-bond acceptors (Lipinski definition) is 5. The third-order valence-corrected chi connectivity index (χ3v) is 3.29. The highest BCUT2D eigenvalue weighted by molar-refractivity contribution is 6.45. The Morgan fingerprint density at radius 1 is 1.30 bits per heavy atom. The summed E-state index contributed by atoms with van der Waals surface area (Å²) in [4.78, 5) is 20.7. The van der Waals surface area contributed by atoms with Crippen LogP contribution >= 0.6 is 11.6 Å². The first-order valence-electron chi connectivity index (χ1n) is 6.82. The van der Waals surface area contributed by atoms with Crippen molar-refractivity contribution < 1.29 is 14.4 Å². The molecule has 0 spiro atoms. The normalized spacial score (nSPS) is 11.0. The van der Waals surface area contributed by atoms with Crippen LogP contribution in [0.15, 0.2) is 47.8 Å². The van der Waals surface area contributed by atoms with E-state index in [1.807, 2.05) is 18.2 Å². The van der Waals surface area contributed by atoms with Gasteiger partial charge in [0.25, 0.3) is 5.91 Å². The zero-order valence-electron chi connectivity index (χ0n) is 12.7. The van der Waals surface area contributed by atoms with Gasteiger partial charge in [0, 0.05) is 18.8 Å². The lowest BCUT2D eigenvalue weighted by Gasteiger charge is -2.12. The van der Waals surface area contributed by atoms with Crippen molar-refractivity contribution in [2.24, 2.45) is 5.16 Å². The highest BCUT2D eigenvalue weighted by atomic mass is 35.5. The largest absolute Gasteiger partial charge is 0.486 e. The lowest BCUT2D eigenvalue weighted by Crippen LogP contribution is -2.29. The first-order chi connectivity index (χ1) is 11.2. The average Bonchev–Trinajstić information content (AvgIpc) is 2.59. The number of likely N-dealkylation sites (N-methyl/N-ethyl adjacent to an activating group) is 1. The lowest BCUT2D eigenvalue weighted by atomic mass is 10.0. The molecule has 1 aromatic carbocycles. The summed E-state index contributed by atoms with van der Waals surface area (Å²) in [5, 5.41) is 6.63. The molecule has 0 saturated heterocycles. The highest BCUT2D eigenvalue weighted by Gasteiger charge is 2.17. The van der Waals surface area contributed by atoms with Crippen molar-refractivity contribution >= 4 is 23.2 Å².